The summed E-state index contributed by atoms with van der Waals surface area (Å²) in [6.45, 7) is -0.00380. The number of anilines is 2. The molecular formula is C28H33N5O4. The minimum Gasteiger partial charge on any atom is -0.406 e. The lowest BCUT2D eigenvalue weighted by Gasteiger charge is -2.22. The number of hydrogen-bond donors (Lipinski definition) is 2. The Labute approximate surface area is 217 Å². The summed E-state index contributed by atoms with van der Waals surface area (Å²) in [5, 5.41) is 13.8. The van der Waals surface area contributed by atoms with E-state index in [4.69, 9.17) is 4.74 Å². The molecule has 37 heavy (non-hydrogen) atoms. The molecule has 1 aliphatic rings. The first-order chi connectivity index (χ1) is 17.8. The van der Waals surface area contributed by atoms with Gasteiger partial charge in [0.2, 0.25) is 11.9 Å². The summed E-state index contributed by atoms with van der Waals surface area (Å²) in [7, 11) is 5.22. The highest BCUT2D eigenvalue weighted by atomic mass is 16.6. The van der Waals surface area contributed by atoms with Crippen molar-refractivity contribution < 1.29 is 19.4 Å². The highest BCUT2D eigenvalue weighted by Crippen LogP contribution is 2.30. The predicted octanol–water partition coefficient (Wildman–Crippen LogP) is 4.50. The van der Waals surface area contributed by atoms with Crippen molar-refractivity contribution in [3.05, 3.63) is 66.4 Å². The molecule has 1 atom stereocenters. The molecule has 3 aromatic rings. The van der Waals surface area contributed by atoms with Gasteiger partial charge in [0.15, 0.2) is 5.75 Å². The number of amides is 2. The zero-order valence-electron chi connectivity index (χ0n) is 21.4. The maximum atomic E-state index is 12.9. The summed E-state index contributed by atoms with van der Waals surface area (Å²) in [6, 6.07) is 16.5. The molecule has 1 saturated carbocycles. The summed E-state index contributed by atoms with van der Waals surface area (Å²) in [6.07, 6.45) is 3.84. The van der Waals surface area contributed by atoms with Gasteiger partial charge in [-0.1, -0.05) is 55.3 Å². The molecule has 1 fully saturated rings. The van der Waals surface area contributed by atoms with Crippen LogP contribution in [0.5, 0.6) is 5.75 Å². The Morgan fingerprint density at radius 1 is 1.08 bits per heavy atom. The van der Waals surface area contributed by atoms with Crippen LogP contribution in [0.25, 0.3) is 11.3 Å². The molecule has 0 spiro atoms. The van der Waals surface area contributed by atoms with Crippen molar-refractivity contribution in [3.8, 4) is 17.0 Å². The number of aliphatic hydroxyl groups excluding tert-OH is 1. The minimum atomic E-state index is -0.971. The normalized spacial score (nSPS) is 14.2. The lowest BCUT2D eigenvalue weighted by atomic mass is 10.1. The average Bonchev–Trinajstić information content (AvgIpc) is 3.45. The van der Waals surface area contributed by atoms with Gasteiger partial charge < -0.3 is 25.0 Å². The number of carbonyl (C=O) groups excluding carboxylic acids is 2. The standard InChI is InChI=1S/C28H33N5O4/c1-32(2)27-29-17-24(25(31-27)19-10-5-4-6-11-19)37-28(36)33(3)18-23(34)21-14-9-15-22(16-21)30-26(35)20-12-7-8-13-20/h4-6,9-11,14-17,20,23,34H,7-8,12-13,18H2,1-3H3,(H,30,35). The van der Waals surface area contributed by atoms with Gasteiger partial charge in [0.05, 0.1) is 18.8 Å². The Kier molecular flexibility index (Phi) is 8.35. The van der Waals surface area contributed by atoms with Crippen molar-refractivity contribution in [2.75, 3.05) is 37.9 Å². The first-order valence-corrected chi connectivity index (χ1v) is 12.4. The number of aliphatic hydroxyl groups is 1. The molecule has 2 amide bonds. The monoisotopic (exact) mass is 503 g/mol. The molecule has 1 heterocycles. The molecule has 0 aliphatic heterocycles. The number of benzene rings is 2. The Morgan fingerprint density at radius 3 is 2.51 bits per heavy atom. The quantitative estimate of drug-likeness (QED) is 0.466. The number of likely N-dealkylation sites (N-methyl/N-ethyl adjacent to an activating group) is 1. The number of ether oxygens (including phenoxy) is 1. The Bertz CT molecular complexity index is 1230. The van der Waals surface area contributed by atoms with Gasteiger partial charge in [-0.2, -0.15) is 0 Å². The summed E-state index contributed by atoms with van der Waals surface area (Å²) < 4.78 is 5.64. The van der Waals surface area contributed by atoms with Crippen LogP contribution in [0, 0.1) is 5.92 Å². The van der Waals surface area contributed by atoms with Crippen LogP contribution in [0.15, 0.2) is 60.8 Å². The first-order valence-electron chi connectivity index (χ1n) is 12.4. The van der Waals surface area contributed by atoms with Gasteiger partial charge >= 0.3 is 6.09 Å². The molecular weight excluding hydrogens is 470 g/mol. The number of aromatic nitrogens is 2. The fourth-order valence-corrected chi connectivity index (χ4v) is 4.32. The zero-order valence-corrected chi connectivity index (χ0v) is 21.4. The third-order valence-electron chi connectivity index (χ3n) is 6.41. The fourth-order valence-electron chi connectivity index (χ4n) is 4.32. The van der Waals surface area contributed by atoms with Gasteiger partial charge in [-0.05, 0) is 30.5 Å². The van der Waals surface area contributed by atoms with Crippen LogP contribution >= 0.6 is 0 Å². The summed E-state index contributed by atoms with van der Waals surface area (Å²) in [5.74, 6) is 0.773. The summed E-state index contributed by atoms with van der Waals surface area (Å²) in [4.78, 5) is 37.3. The van der Waals surface area contributed by atoms with E-state index in [1.807, 2.05) is 44.4 Å². The van der Waals surface area contributed by atoms with E-state index in [9.17, 15) is 14.7 Å². The minimum absolute atomic E-state index is 0.00380. The van der Waals surface area contributed by atoms with Gasteiger partial charge in [0.1, 0.15) is 5.69 Å². The van der Waals surface area contributed by atoms with Crippen molar-refractivity contribution in [1.82, 2.24) is 14.9 Å². The van der Waals surface area contributed by atoms with Crippen LogP contribution in [-0.2, 0) is 4.79 Å². The van der Waals surface area contributed by atoms with Crippen molar-refractivity contribution in [3.63, 3.8) is 0 Å². The third-order valence-corrected chi connectivity index (χ3v) is 6.41. The smallest absolute Gasteiger partial charge is 0.406 e. The SMILES string of the molecule is CN(CC(O)c1cccc(NC(=O)C2CCCC2)c1)C(=O)Oc1cnc(N(C)C)nc1-c1ccccc1. The number of carbonyl (C=O) groups is 2. The molecule has 0 saturated heterocycles. The topological polar surface area (TPSA) is 108 Å². The van der Waals surface area contributed by atoms with Gasteiger partial charge in [-0.25, -0.2) is 14.8 Å². The lowest BCUT2D eigenvalue weighted by Crippen LogP contribution is -2.33. The first kappa shape index (κ1) is 26.1. The van der Waals surface area contributed by atoms with E-state index in [0.717, 1.165) is 31.2 Å². The second-order valence-electron chi connectivity index (χ2n) is 9.50. The Morgan fingerprint density at radius 2 is 1.81 bits per heavy atom. The van der Waals surface area contributed by atoms with E-state index in [2.05, 4.69) is 15.3 Å². The zero-order chi connectivity index (χ0) is 26.4. The summed E-state index contributed by atoms with van der Waals surface area (Å²) in [5.41, 5.74) is 2.50. The second kappa shape index (κ2) is 11.8. The molecule has 9 heteroatoms. The molecule has 194 valence electrons. The highest BCUT2D eigenvalue weighted by Gasteiger charge is 2.23. The van der Waals surface area contributed by atoms with Crippen molar-refractivity contribution in [2.24, 2.45) is 5.92 Å². The van der Waals surface area contributed by atoms with E-state index < -0.39 is 12.2 Å². The van der Waals surface area contributed by atoms with Crippen molar-refractivity contribution in [1.29, 1.82) is 0 Å². The second-order valence-corrected chi connectivity index (χ2v) is 9.50. The average molecular weight is 504 g/mol. The third kappa shape index (κ3) is 6.62. The van der Waals surface area contributed by atoms with Gasteiger partial charge in [0, 0.05) is 38.3 Å². The number of nitrogens with zero attached hydrogens (tertiary/aromatic N) is 4. The van der Waals surface area contributed by atoms with Crippen LogP contribution in [0.4, 0.5) is 16.4 Å². The van der Waals surface area contributed by atoms with E-state index >= 15 is 0 Å². The Balaban J connectivity index is 1.42. The molecule has 0 radical (unpaired) electrons. The molecule has 2 N–H and O–H groups in total. The number of hydrogen-bond acceptors (Lipinski definition) is 7. The molecule has 0 bridgehead atoms. The molecule has 1 aliphatic carbocycles. The maximum Gasteiger partial charge on any atom is 0.415 e. The Hall–Kier alpha value is -3.98. The van der Waals surface area contributed by atoms with Crippen LogP contribution in [-0.4, -0.2) is 59.7 Å². The van der Waals surface area contributed by atoms with E-state index in [1.165, 1.54) is 11.1 Å². The molecule has 1 aromatic heterocycles. The largest absolute Gasteiger partial charge is 0.415 e. The fraction of sp³-hybridized carbons (Fsp3) is 0.357. The van der Waals surface area contributed by atoms with Crippen molar-refractivity contribution in [2.45, 2.75) is 31.8 Å². The molecule has 4 rings (SSSR count). The molecule has 1 unspecified atom stereocenters. The van der Waals surface area contributed by atoms with Crippen LogP contribution in [0.3, 0.4) is 0 Å². The highest BCUT2D eigenvalue weighted by molar-refractivity contribution is 5.92. The van der Waals surface area contributed by atoms with E-state index in [-0.39, 0.29) is 24.1 Å². The van der Waals surface area contributed by atoms with E-state index in [1.54, 1.807) is 36.2 Å². The number of rotatable bonds is 8. The van der Waals surface area contributed by atoms with Crippen LogP contribution in [0.1, 0.15) is 37.4 Å². The van der Waals surface area contributed by atoms with E-state index in [0.29, 0.717) is 22.9 Å². The van der Waals surface area contributed by atoms with Crippen LogP contribution < -0.4 is 15.0 Å². The van der Waals surface area contributed by atoms with Crippen LogP contribution in [0.2, 0.25) is 0 Å². The molecule has 9 nitrogen and oxygen atoms in total. The maximum absolute atomic E-state index is 12.9. The number of nitrogens with one attached hydrogen (secondary N) is 1. The lowest BCUT2D eigenvalue weighted by molar-refractivity contribution is -0.119. The molecule has 2 aromatic carbocycles. The van der Waals surface area contributed by atoms with Crippen molar-refractivity contribution >= 4 is 23.6 Å². The predicted molar refractivity (Wildman–Crippen MR) is 142 cm³/mol. The van der Waals surface area contributed by atoms with Gasteiger partial charge in [-0.15, -0.1) is 0 Å². The summed E-state index contributed by atoms with van der Waals surface area (Å²) >= 11 is 0. The van der Waals surface area contributed by atoms with Gasteiger partial charge in [-0.3, -0.25) is 4.79 Å². The van der Waals surface area contributed by atoms with Gasteiger partial charge in [0.25, 0.3) is 0 Å².